The average Bonchev–Trinajstić information content (AvgIpc) is 1.86. The minimum Gasteiger partial charge on any atom is -0.392 e. The Labute approximate surface area is 74.3 Å². The van der Waals surface area contributed by atoms with E-state index in [1.807, 2.05) is 13.8 Å². The highest BCUT2D eigenvalue weighted by Crippen LogP contribution is 2.13. The van der Waals surface area contributed by atoms with E-state index in [4.69, 9.17) is 15.6 Å². The zero-order valence-corrected chi connectivity index (χ0v) is 8.31. The van der Waals surface area contributed by atoms with E-state index in [0.717, 1.165) is 0 Å². The van der Waals surface area contributed by atoms with Crippen molar-refractivity contribution < 1.29 is 9.84 Å². The molecule has 70 valence electrons. The maximum Gasteiger partial charge on any atom is 0.0798 e. The molecule has 0 saturated heterocycles. The van der Waals surface area contributed by atoms with Crippen LogP contribution in [0.3, 0.4) is 0 Å². The summed E-state index contributed by atoms with van der Waals surface area (Å²) in [5, 5.41) is 9.08. The van der Waals surface area contributed by atoms with E-state index >= 15 is 0 Å². The molecule has 4 heteroatoms. The fraction of sp³-hybridized carbons (Fsp3) is 1.00. The second-order valence-corrected chi connectivity index (χ2v) is 3.07. The molecule has 0 bridgehead atoms. The molecule has 0 aliphatic rings. The molecule has 0 amide bonds. The topological polar surface area (TPSA) is 55.5 Å². The number of hydrogen-bond acceptors (Lipinski definition) is 3. The SMILES string of the molecule is COC(C)(C)[C@@H](N)[C@@H](C)O.Cl. The first-order valence-corrected chi connectivity index (χ1v) is 3.40. The van der Waals surface area contributed by atoms with Gasteiger partial charge >= 0.3 is 0 Å². The summed E-state index contributed by atoms with van der Waals surface area (Å²) in [6.07, 6.45) is -0.532. The Morgan fingerprint density at radius 1 is 1.45 bits per heavy atom. The van der Waals surface area contributed by atoms with E-state index in [-0.39, 0.29) is 18.4 Å². The van der Waals surface area contributed by atoms with Crippen molar-refractivity contribution in [3.05, 3.63) is 0 Å². The maximum atomic E-state index is 9.08. The lowest BCUT2D eigenvalue weighted by atomic mass is 9.95. The van der Waals surface area contributed by atoms with Gasteiger partial charge in [-0.1, -0.05) is 0 Å². The molecule has 0 aliphatic carbocycles. The van der Waals surface area contributed by atoms with Crippen LogP contribution in [0.5, 0.6) is 0 Å². The number of hydrogen-bond donors (Lipinski definition) is 2. The molecular weight excluding hydrogens is 166 g/mol. The smallest absolute Gasteiger partial charge is 0.0798 e. The lowest BCUT2D eigenvalue weighted by molar-refractivity contribution is -0.0339. The van der Waals surface area contributed by atoms with Crippen LogP contribution in [-0.2, 0) is 4.74 Å². The van der Waals surface area contributed by atoms with Gasteiger partial charge in [-0.25, -0.2) is 0 Å². The van der Waals surface area contributed by atoms with Crippen molar-refractivity contribution in [1.82, 2.24) is 0 Å². The zero-order chi connectivity index (χ0) is 8.36. The highest BCUT2D eigenvalue weighted by Gasteiger charge is 2.29. The van der Waals surface area contributed by atoms with Crippen LogP contribution in [0.2, 0.25) is 0 Å². The van der Waals surface area contributed by atoms with E-state index in [1.165, 1.54) is 0 Å². The number of rotatable bonds is 3. The van der Waals surface area contributed by atoms with Crippen molar-refractivity contribution in [3.63, 3.8) is 0 Å². The summed E-state index contributed by atoms with van der Waals surface area (Å²) >= 11 is 0. The van der Waals surface area contributed by atoms with Gasteiger partial charge in [-0.15, -0.1) is 12.4 Å². The first-order valence-electron chi connectivity index (χ1n) is 3.40. The summed E-state index contributed by atoms with van der Waals surface area (Å²) in [7, 11) is 1.59. The quantitative estimate of drug-likeness (QED) is 0.672. The van der Waals surface area contributed by atoms with Gasteiger partial charge in [0.1, 0.15) is 0 Å². The highest BCUT2D eigenvalue weighted by atomic mass is 35.5. The van der Waals surface area contributed by atoms with E-state index in [2.05, 4.69) is 0 Å². The fourth-order valence-electron chi connectivity index (χ4n) is 0.717. The van der Waals surface area contributed by atoms with Crippen LogP contribution in [0.1, 0.15) is 20.8 Å². The molecule has 0 fully saturated rings. The van der Waals surface area contributed by atoms with Crippen LogP contribution in [-0.4, -0.2) is 30.0 Å². The van der Waals surface area contributed by atoms with E-state index < -0.39 is 11.7 Å². The number of aliphatic hydroxyl groups is 1. The van der Waals surface area contributed by atoms with Crippen LogP contribution in [0.4, 0.5) is 0 Å². The van der Waals surface area contributed by atoms with Crippen LogP contribution in [0.15, 0.2) is 0 Å². The first-order chi connectivity index (χ1) is 4.41. The monoisotopic (exact) mass is 183 g/mol. The summed E-state index contributed by atoms with van der Waals surface area (Å²) in [4.78, 5) is 0. The average molecular weight is 184 g/mol. The molecule has 0 aromatic rings. The van der Waals surface area contributed by atoms with Crippen molar-refractivity contribution in [2.45, 2.75) is 38.5 Å². The van der Waals surface area contributed by atoms with Crippen LogP contribution in [0, 0.1) is 0 Å². The van der Waals surface area contributed by atoms with Crippen molar-refractivity contribution in [1.29, 1.82) is 0 Å². The van der Waals surface area contributed by atoms with E-state index in [0.29, 0.717) is 0 Å². The molecule has 0 aliphatic heterocycles. The normalized spacial score (nSPS) is 16.9. The molecule has 3 N–H and O–H groups in total. The molecule has 0 aromatic carbocycles. The third kappa shape index (κ3) is 3.91. The van der Waals surface area contributed by atoms with Crippen molar-refractivity contribution >= 4 is 12.4 Å². The Bertz CT molecular complexity index is 107. The molecule has 2 atom stereocenters. The van der Waals surface area contributed by atoms with Gasteiger partial charge in [0.2, 0.25) is 0 Å². The largest absolute Gasteiger partial charge is 0.392 e. The standard InChI is InChI=1S/C7H17NO2.ClH/c1-5(9)6(8)7(2,3)10-4;/h5-6,9H,8H2,1-4H3;1H/t5-,6+;/m1./s1. The summed E-state index contributed by atoms with van der Waals surface area (Å²) in [5.41, 5.74) is 5.18. The molecular formula is C7H18ClNO2. The molecule has 3 nitrogen and oxygen atoms in total. The second kappa shape index (κ2) is 4.93. The van der Waals surface area contributed by atoms with Gasteiger partial charge in [0.25, 0.3) is 0 Å². The predicted octanol–water partition coefficient (Wildman–Crippen LogP) is 0.541. The molecule has 0 spiro atoms. The molecule has 0 aromatic heterocycles. The molecule has 11 heavy (non-hydrogen) atoms. The lowest BCUT2D eigenvalue weighted by Crippen LogP contribution is -2.51. The van der Waals surface area contributed by atoms with E-state index in [1.54, 1.807) is 14.0 Å². The van der Waals surface area contributed by atoms with Crippen molar-refractivity contribution in [2.75, 3.05) is 7.11 Å². The highest BCUT2D eigenvalue weighted by molar-refractivity contribution is 5.85. The Balaban J connectivity index is 0. The van der Waals surface area contributed by atoms with Gasteiger partial charge < -0.3 is 15.6 Å². The van der Waals surface area contributed by atoms with Gasteiger partial charge in [-0.05, 0) is 20.8 Å². The summed E-state index contributed by atoms with van der Waals surface area (Å²) < 4.78 is 5.08. The molecule has 0 unspecified atom stereocenters. The number of ether oxygens (including phenoxy) is 1. The van der Waals surface area contributed by atoms with Crippen molar-refractivity contribution in [2.24, 2.45) is 5.73 Å². The van der Waals surface area contributed by atoms with Crippen LogP contribution in [0.25, 0.3) is 0 Å². The summed E-state index contributed by atoms with van der Waals surface area (Å²) in [5.74, 6) is 0. The van der Waals surface area contributed by atoms with Gasteiger partial charge in [0.15, 0.2) is 0 Å². The number of aliphatic hydroxyl groups excluding tert-OH is 1. The second-order valence-electron chi connectivity index (χ2n) is 3.07. The first kappa shape index (κ1) is 13.7. The Morgan fingerprint density at radius 3 is 1.91 bits per heavy atom. The van der Waals surface area contributed by atoms with Crippen LogP contribution < -0.4 is 5.73 Å². The maximum absolute atomic E-state index is 9.08. The minimum atomic E-state index is -0.532. The Kier molecular flexibility index (Phi) is 6.16. The third-order valence-electron chi connectivity index (χ3n) is 1.85. The summed E-state index contributed by atoms with van der Waals surface area (Å²) in [6, 6.07) is -0.336. The molecule has 0 rings (SSSR count). The Hall–Kier alpha value is 0.170. The number of methoxy groups -OCH3 is 1. The van der Waals surface area contributed by atoms with Crippen molar-refractivity contribution in [3.8, 4) is 0 Å². The van der Waals surface area contributed by atoms with Gasteiger partial charge in [0, 0.05) is 7.11 Å². The van der Waals surface area contributed by atoms with Crippen LogP contribution >= 0.6 is 12.4 Å². The molecule has 0 heterocycles. The lowest BCUT2D eigenvalue weighted by Gasteiger charge is -2.31. The number of nitrogens with two attached hydrogens (primary N) is 1. The van der Waals surface area contributed by atoms with Gasteiger partial charge in [0.05, 0.1) is 17.7 Å². The van der Waals surface area contributed by atoms with Gasteiger partial charge in [-0.2, -0.15) is 0 Å². The molecule has 0 radical (unpaired) electrons. The fourth-order valence-corrected chi connectivity index (χ4v) is 0.717. The van der Waals surface area contributed by atoms with Gasteiger partial charge in [-0.3, -0.25) is 0 Å². The predicted molar refractivity (Wildman–Crippen MR) is 48.0 cm³/mol. The van der Waals surface area contributed by atoms with E-state index in [9.17, 15) is 0 Å². The minimum absolute atomic E-state index is 0. The summed E-state index contributed by atoms with van der Waals surface area (Å²) in [6.45, 7) is 5.36. The molecule has 0 saturated carbocycles. The third-order valence-corrected chi connectivity index (χ3v) is 1.85. The number of halogens is 1. The zero-order valence-electron chi connectivity index (χ0n) is 7.50. The Morgan fingerprint density at radius 2 is 1.82 bits per heavy atom.